The predicted molar refractivity (Wildman–Crippen MR) is 155 cm³/mol. The van der Waals surface area contributed by atoms with E-state index in [0.717, 1.165) is 22.7 Å². The highest BCUT2D eigenvalue weighted by molar-refractivity contribution is 6.15. The zero-order chi connectivity index (χ0) is 30.9. The molecule has 7 nitrogen and oxygen atoms in total. The highest BCUT2D eigenvalue weighted by Gasteiger charge is 2.49. The minimum atomic E-state index is -4.66. The maximum Gasteiger partial charge on any atom is 0.416 e. The van der Waals surface area contributed by atoms with Gasteiger partial charge in [0.05, 0.1) is 17.2 Å². The molecule has 5 rings (SSSR count). The highest BCUT2D eigenvalue weighted by atomic mass is 19.4. The van der Waals surface area contributed by atoms with E-state index in [4.69, 9.17) is 0 Å². The molecule has 2 aliphatic heterocycles. The zero-order valence-corrected chi connectivity index (χ0v) is 23.6. The third-order valence-electron chi connectivity index (χ3n) is 8.04. The molecule has 2 aliphatic rings. The van der Waals surface area contributed by atoms with Gasteiger partial charge in [-0.1, -0.05) is 36.4 Å². The average Bonchev–Trinajstić information content (AvgIpc) is 3.00. The van der Waals surface area contributed by atoms with Crippen molar-refractivity contribution in [3.8, 4) is 6.07 Å². The largest absolute Gasteiger partial charge is 0.416 e. The van der Waals surface area contributed by atoms with E-state index in [1.807, 2.05) is 36.4 Å². The van der Waals surface area contributed by atoms with Gasteiger partial charge in [0.1, 0.15) is 5.92 Å². The second-order valence-electron chi connectivity index (χ2n) is 10.6. The van der Waals surface area contributed by atoms with Crippen LogP contribution < -0.4 is 9.80 Å². The van der Waals surface area contributed by atoms with Gasteiger partial charge in [0, 0.05) is 54.7 Å². The maximum atomic E-state index is 14.3. The molecule has 3 aromatic carbocycles. The van der Waals surface area contributed by atoms with Crippen molar-refractivity contribution < 1.29 is 27.6 Å². The SMILES string of the molecule is CC(=O)C1=C(C)N(c2cccc(C(F)(F)F)c2)C(=O)C(C(=O)N2CCN(c3ccccc3)CC2)C1c1ccc(C#N)cc1. The Morgan fingerprint density at radius 1 is 0.884 bits per heavy atom. The third-order valence-corrected chi connectivity index (χ3v) is 8.04. The van der Waals surface area contributed by atoms with Crippen LogP contribution in [0, 0.1) is 17.2 Å². The lowest BCUT2D eigenvalue weighted by Gasteiger charge is -2.43. The molecule has 3 aromatic rings. The number of halogens is 3. The molecule has 43 heavy (non-hydrogen) atoms. The molecule has 0 saturated carbocycles. The van der Waals surface area contributed by atoms with Gasteiger partial charge in [-0.3, -0.25) is 19.3 Å². The van der Waals surface area contributed by atoms with Crippen LogP contribution in [0.25, 0.3) is 0 Å². The van der Waals surface area contributed by atoms with Crippen molar-refractivity contribution in [1.29, 1.82) is 5.26 Å². The van der Waals surface area contributed by atoms with Crippen molar-refractivity contribution in [2.24, 2.45) is 5.92 Å². The molecule has 220 valence electrons. The Labute approximate surface area is 247 Å². The Hall–Kier alpha value is -4.91. The molecule has 0 aromatic heterocycles. The predicted octanol–water partition coefficient (Wildman–Crippen LogP) is 5.54. The Morgan fingerprint density at radius 2 is 1.51 bits per heavy atom. The molecule has 2 heterocycles. The van der Waals surface area contributed by atoms with E-state index in [1.54, 1.807) is 29.2 Å². The van der Waals surface area contributed by atoms with Crippen molar-refractivity contribution in [1.82, 2.24) is 4.90 Å². The van der Waals surface area contributed by atoms with Crippen LogP contribution >= 0.6 is 0 Å². The summed E-state index contributed by atoms with van der Waals surface area (Å²) < 4.78 is 40.9. The van der Waals surface area contributed by atoms with Crippen molar-refractivity contribution in [3.05, 3.63) is 107 Å². The second kappa shape index (κ2) is 11.8. The van der Waals surface area contributed by atoms with E-state index in [9.17, 15) is 32.8 Å². The van der Waals surface area contributed by atoms with Crippen molar-refractivity contribution in [2.75, 3.05) is 36.0 Å². The molecule has 0 bridgehead atoms. The summed E-state index contributed by atoms with van der Waals surface area (Å²) in [4.78, 5) is 46.6. The van der Waals surface area contributed by atoms with Crippen molar-refractivity contribution in [3.63, 3.8) is 0 Å². The minimum absolute atomic E-state index is 0.0824. The van der Waals surface area contributed by atoms with E-state index in [0.29, 0.717) is 37.3 Å². The molecule has 0 spiro atoms. The first kappa shape index (κ1) is 29.6. The first-order valence-corrected chi connectivity index (χ1v) is 13.8. The number of carbonyl (C=O) groups excluding carboxylic acids is 3. The molecule has 0 aliphatic carbocycles. The first-order valence-electron chi connectivity index (χ1n) is 13.8. The lowest BCUT2D eigenvalue weighted by atomic mass is 9.73. The number of Topliss-reactive ketones (excluding diaryl/α,β-unsaturated/α-hetero) is 1. The van der Waals surface area contributed by atoms with Gasteiger partial charge in [0.15, 0.2) is 5.78 Å². The normalized spacial score (nSPS) is 19.3. The van der Waals surface area contributed by atoms with E-state index >= 15 is 0 Å². The number of amides is 2. The quantitative estimate of drug-likeness (QED) is 0.367. The van der Waals surface area contributed by atoms with Gasteiger partial charge in [-0.2, -0.15) is 18.4 Å². The number of benzene rings is 3. The van der Waals surface area contributed by atoms with Gasteiger partial charge in [0.25, 0.3) is 0 Å². The molecular formula is C33H29F3N4O3. The van der Waals surface area contributed by atoms with Gasteiger partial charge in [-0.15, -0.1) is 0 Å². The van der Waals surface area contributed by atoms with E-state index < -0.39 is 41.2 Å². The molecule has 0 N–H and O–H groups in total. The van der Waals surface area contributed by atoms with Crippen LogP contribution in [0.5, 0.6) is 0 Å². The van der Waals surface area contributed by atoms with Crippen LogP contribution in [-0.4, -0.2) is 48.7 Å². The number of hydrogen-bond acceptors (Lipinski definition) is 5. The molecule has 10 heteroatoms. The van der Waals surface area contributed by atoms with Crippen molar-refractivity contribution >= 4 is 29.0 Å². The number of hydrogen-bond donors (Lipinski definition) is 0. The number of anilines is 2. The average molecular weight is 587 g/mol. The summed E-state index contributed by atoms with van der Waals surface area (Å²) in [6.45, 7) is 4.49. The Bertz CT molecular complexity index is 1620. The smallest absolute Gasteiger partial charge is 0.368 e. The number of allylic oxidation sites excluding steroid dienone is 2. The van der Waals surface area contributed by atoms with E-state index in [-0.39, 0.29) is 17.0 Å². The number of carbonyl (C=O) groups is 3. The fourth-order valence-corrected chi connectivity index (χ4v) is 5.97. The lowest BCUT2D eigenvalue weighted by molar-refractivity contribution is -0.142. The molecule has 2 atom stereocenters. The molecule has 0 radical (unpaired) electrons. The number of para-hydroxylation sites is 1. The van der Waals surface area contributed by atoms with E-state index in [2.05, 4.69) is 4.90 Å². The molecular weight excluding hydrogens is 557 g/mol. The summed E-state index contributed by atoms with van der Waals surface area (Å²) >= 11 is 0. The van der Waals surface area contributed by atoms with Crippen LogP contribution in [0.1, 0.15) is 36.5 Å². The Kier molecular flexibility index (Phi) is 8.09. The number of ketones is 1. The molecule has 1 fully saturated rings. The van der Waals surface area contributed by atoms with Crippen LogP contribution in [0.3, 0.4) is 0 Å². The maximum absolute atomic E-state index is 14.3. The third kappa shape index (κ3) is 5.75. The van der Waals surface area contributed by atoms with Crippen LogP contribution in [0.4, 0.5) is 24.5 Å². The van der Waals surface area contributed by atoms with Gasteiger partial charge in [-0.05, 0) is 61.9 Å². The Morgan fingerprint density at radius 3 is 2.09 bits per heavy atom. The number of rotatable bonds is 5. The molecule has 1 saturated heterocycles. The number of nitriles is 1. The summed E-state index contributed by atoms with van der Waals surface area (Å²) in [5.41, 5.74) is 1.13. The number of alkyl halides is 3. The van der Waals surface area contributed by atoms with Crippen LogP contribution in [0.2, 0.25) is 0 Å². The molecule has 2 unspecified atom stereocenters. The topological polar surface area (TPSA) is 84.7 Å². The van der Waals surface area contributed by atoms with Crippen LogP contribution in [0.15, 0.2) is 90.1 Å². The summed E-state index contributed by atoms with van der Waals surface area (Å²) in [5, 5.41) is 9.30. The molecule has 2 amide bonds. The summed E-state index contributed by atoms with van der Waals surface area (Å²) in [6.07, 6.45) is -4.66. The van der Waals surface area contributed by atoms with E-state index in [1.165, 1.54) is 26.0 Å². The highest BCUT2D eigenvalue weighted by Crippen LogP contribution is 2.44. The fraction of sp³-hybridized carbons (Fsp3) is 0.273. The summed E-state index contributed by atoms with van der Waals surface area (Å²) in [5.74, 6) is -4.03. The monoisotopic (exact) mass is 586 g/mol. The van der Waals surface area contributed by atoms with Gasteiger partial charge in [-0.25, -0.2) is 0 Å². The van der Waals surface area contributed by atoms with Gasteiger partial charge >= 0.3 is 6.18 Å². The van der Waals surface area contributed by atoms with Gasteiger partial charge < -0.3 is 9.80 Å². The zero-order valence-electron chi connectivity index (χ0n) is 23.6. The number of piperazine rings is 1. The Balaban J connectivity index is 1.59. The fourth-order valence-electron chi connectivity index (χ4n) is 5.97. The van der Waals surface area contributed by atoms with Crippen molar-refractivity contribution in [2.45, 2.75) is 25.9 Å². The first-order chi connectivity index (χ1) is 20.5. The van der Waals surface area contributed by atoms with Gasteiger partial charge in [0.2, 0.25) is 11.8 Å². The lowest BCUT2D eigenvalue weighted by Crippen LogP contribution is -2.56. The summed E-state index contributed by atoms with van der Waals surface area (Å²) in [7, 11) is 0. The number of nitrogens with zero attached hydrogens (tertiary/aromatic N) is 4. The standard InChI is InChI=1S/C33H29F3N4O3/c1-21-28(22(2)41)29(24-13-11-23(20-37)12-14-24)30(32(43)40(21)27-10-6-7-25(19-27)33(34,35)36)31(42)39-17-15-38(16-18-39)26-8-4-3-5-9-26/h3-14,19,29-30H,15-18H2,1-2H3. The minimum Gasteiger partial charge on any atom is -0.368 e. The second-order valence-corrected chi connectivity index (χ2v) is 10.6. The summed E-state index contributed by atoms with van der Waals surface area (Å²) in [6, 6.07) is 22.4. The van der Waals surface area contributed by atoms with Crippen LogP contribution in [-0.2, 0) is 20.6 Å².